The number of ether oxygens (including phenoxy) is 4. The van der Waals surface area contributed by atoms with Crippen molar-refractivity contribution in [1.82, 2.24) is 4.90 Å². The first kappa shape index (κ1) is 22.4. The molecule has 0 aromatic heterocycles. The normalized spacial score (nSPS) is 10.6. The van der Waals surface area contributed by atoms with Gasteiger partial charge in [0.25, 0.3) is 0 Å². The number of likely N-dealkylation sites (N-methyl/N-ethyl adjacent to an activating group) is 1. The number of anilines is 1. The molecule has 0 heterocycles. The zero-order chi connectivity index (χ0) is 21.2. The first-order valence-corrected chi connectivity index (χ1v) is 9.59. The number of benzene rings is 2. The molecule has 0 aliphatic carbocycles. The van der Waals surface area contributed by atoms with Gasteiger partial charge >= 0.3 is 0 Å². The van der Waals surface area contributed by atoms with Crippen LogP contribution >= 0.6 is 0 Å². The molecule has 0 saturated carbocycles. The van der Waals surface area contributed by atoms with Gasteiger partial charge < -0.3 is 24.3 Å². The second kappa shape index (κ2) is 11.2. The number of hydrogen-bond donors (Lipinski definition) is 1. The van der Waals surface area contributed by atoms with E-state index in [1.807, 2.05) is 50.1 Å². The molecule has 0 fully saturated rings. The lowest BCUT2D eigenvalue weighted by Crippen LogP contribution is -2.30. The van der Waals surface area contributed by atoms with Gasteiger partial charge in [0.2, 0.25) is 5.91 Å². The van der Waals surface area contributed by atoms with Crippen LogP contribution in [0, 0.1) is 0 Å². The van der Waals surface area contributed by atoms with Crippen molar-refractivity contribution in [1.29, 1.82) is 0 Å². The minimum absolute atomic E-state index is 0.137. The minimum atomic E-state index is -0.137. The summed E-state index contributed by atoms with van der Waals surface area (Å²) < 4.78 is 21.7. The molecule has 0 spiro atoms. The largest absolute Gasteiger partial charge is 0.494 e. The van der Waals surface area contributed by atoms with E-state index < -0.39 is 0 Å². The van der Waals surface area contributed by atoms with E-state index in [2.05, 4.69) is 5.32 Å². The molecule has 2 aromatic rings. The Morgan fingerprint density at radius 2 is 1.62 bits per heavy atom. The third-order valence-corrected chi connectivity index (χ3v) is 4.15. The number of nitrogens with zero attached hydrogens (tertiary/aromatic N) is 1. The van der Waals surface area contributed by atoms with E-state index in [1.54, 1.807) is 26.4 Å². The SMILES string of the molecule is CCOc1ccc(OCC)c(NC(=O)CN(C)Cc2ccc(OC)c(OC)c2)c1. The van der Waals surface area contributed by atoms with Gasteiger partial charge in [-0.05, 0) is 50.7 Å². The average molecular weight is 402 g/mol. The van der Waals surface area contributed by atoms with Crippen LogP contribution < -0.4 is 24.3 Å². The standard InChI is InChI=1S/C22H30N2O5/c1-6-28-17-9-11-19(29-7-2)18(13-17)23-22(25)15-24(3)14-16-8-10-20(26-4)21(12-16)27-5/h8-13H,6-7,14-15H2,1-5H3,(H,23,25). The summed E-state index contributed by atoms with van der Waals surface area (Å²) in [6.07, 6.45) is 0. The Balaban J connectivity index is 2.02. The van der Waals surface area contributed by atoms with Gasteiger partial charge in [-0.2, -0.15) is 0 Å². The lowest BCUT2D eigenvalue weighted by atomic mass is 10.2. The summed E-state index contributed by atoms with van der Waals surface area (Å²) in [7, 11) is 5.09. The van der Waals surface area contributed by atoms with Gasteiger partial charge in [0.05, 0.1) is 39.7 Å². The Labute approximate surface area is 172 Å². The van der Waals surface area contributed by atoms with E-state index in [1.165, 1.54) is 0 Å². The molecule has 1 N–H and O–H groups in total. The number of methoxy groups -OCH3 is 2. The van der Waals surface area contributed by atoms with Crippen LogP contribution in [-0.4, -0.2) is 51.8 Å². The maximum atomic E-state index is 12.6. The molecule has 0 aliphatic rings. The average Bonchev–Trinajstić information content (AvgIpc) is 2.70. The number of nitrogens with one attached hydrogen (secondary N) is 1. The molecule has 0 aliphatic heterocycles. The monoisotopic (exact) mass is 402 g/mol. The van der Waals surface area contributed by atoms with Crippen molar-refractivity contribution in [2.24, 2.45) is 0 Å². The van der Waals surface area contributed by atoms with Crippen molar-refractivity contribution in [3.63, 3.8) is 0 Å². The molecule has 7 heteroatoms. The maximum Gasteiger partial charge on any atom is 0.238 e. The highest BCUT2D eigenvalue weighted by Crippen LogP contribution is 2.30. The summed E-state index contributed by atoms with van der Waals surface area (Å²) in [5.41, 5.74) is 1.62. The van der Waals surface area contributed by atoms with Crippen molar-refractivity contribution in [2.45, 2.75) is 20.4 Å². The second-order valence-electron chi connectivity index (χ2n) is 6.43. The molecule has 158 valence electrons. The number of carbonyl (C=O) groups excluding carboxylic acids is 1. The second-order valence-corrected chi connectivity index (χ2v) is 6.43. The van der Waals surface area contributed by atoms with Gasteiger partial charge in [0.1, 0.15) is 11.5 Å². The van der Waals surface area contributed by atoms with Crippen LogP contribution in [0.25, 0.3) is 0 Å². The number of hydrogen-bond acceptors (Lipinski definition) is 6. The van der Waals surface area contributed by atoms with Gasteiger partial charge in [-0.1, -0.05) is 6.07 Å². The molecule has 0 bridgehead atoms. The Bertz CT molecular complexity index is 810. The van der Waals surface area contributed by atoms with Gasteiger partial charge in [-0.3, -0.25) is 9.69 Å². The highest BCUT2D eigenvalue weighted by atomic mass is 16.5. The van der Waals surface area contributed by atoms with Crippen LogP contribution in [0.1, 0.15) is 19.4 Å². The molecule has 2 aromatic carbocycles. The minimum Gasteiger partial charge on any atom is -0.494 e. The fraction of sp³-hybridized carbons (Fsp3) is 0.409. The van der Waals surface area contributed by atoms with Crippen LogP contribution in [-0.2, 0) is 11.3 Å². The van der Waals surface area contributed by atoms with Gasteiger partial charge in [-0.25, -0.2) is 0 Å². The predicted octanol–water partition coefficient (Wildman–Crippen LogP) is 3.57. The molecule has 0 radical (unpaired) electrons. The van der Waals surface area contributed by atoms with Crippen molar-refractivity contribution in [2.75, 3.05) is 46.3 Å². The van der Waals surface area contributed by atoms with Crippen LogP contribution in [0.5, 0.6) is 23.0 Å². The van der Waals surface area contributed by atoms with E-state index in [-0.39, 0.29) is 12.5 Å². The van der Waals surface area contributed by atoms with E-state index >= 15 is 0 Å². The number of carbonyl (C=O) groups is 1. The molecule has 1 amide bonds. The molecular formula is C22H30N2O5. The molecular weight excluding hydrogens is 372 g/mol. The fourth-order valence-corrected chi connectivity index (χ4v) is 2.93. The Hall–Kier alpha value is -2.93. The van der Waals surface area contributed by atoms with Gasteiger partial charge in [-0.15, -0.1) is 0 Å². The van der Waals surface area contributed by atoms with Crippen molar-refractivity contribution >= 4 is 11.6 Å². The van der Waals surface area contributed by atoms with E-state index in [0.29, 0.717) is 48.4 Å². The predicted molar refractivity (Wildman–Crippen MR) is 113 cm³/mol. The highest BCUT2D eigenvalue weighted by Gasteiger charge is 2.13. The molecule has 29 heavy (non-hydrogen) atoms. The third-order valence-electron chi connectivity index (χ3n) is 4.15. The van der Waals surface area contributed by atoms with Crippen LogP contribution in [0.4, 0.5) is 5.69 Å². The molecule has 2 rings (SSSR count). The van der Waals surface area contributed by atoms with Crippen LogP contribution in [0.3, 0.4) is 0 Å². The summed E-state index contributed by atoms with van der Waals surface area (Å²) >= 11 is 0. The number of amides is 1. The molecule has 0 unspecified atom stereocenters. The van der Waals surface area contributed by atoms with Crippen molar-refractivity contribution in [3.8, 4) is 23.0 Å². The van der Waals surface area contributed by atoms with E-state index in [0.717, 1.165) is 5.56 Å². The fourth-order valence-electron chi connectivity index (χ4n) is 2.93. The molecule has 0 saturated heterocycles. The topological polar surface area (TPSA) is 69.3 Å². The summed E-state index contributed by atoms with van der Waals surface area (Å²) in [6, 6.07) is 11.1. The summed E-state index contributed by atoms with van der Waals surface area (Å²) in [4.78, 5) is 14.5. The Kier molecular flexibility index (Phi) is 8.61. The highest BCUT2D eigenvalue weighted by molar-refractivity contribution is 5.94. The van der Waals surface area contributed by atoms with Gasteiger partial charge in [0, 0.05) is 12.6 Å². The van der Waals surface area contributed by atoms with Crippen molar-refractivity contribution in [3.05, 3.63) is 42.0 Å². The smallest absolute Gasteiger partial charge is 0.238 e. The summed E-state index contributed by atoms with van der Waals surface area (Å²) in [6.45, 7) is 5.69. The zero-order valence-corrected chi connectivity index (χ0v) is 17.8. The quantitative estimate of drug-likeness (QED) is 0.620. The first-order valence-electron chi connectivity index (χ1n) is 9.59. The Morgan fingerprint density at radius 1 is 0.931 bits per heavy atom. The lowest BCUT2D eigenvalue weighted by Gasteiger charge is -2.18. The zero-order valence-electron chi connectivity index (χ0n) is 17.8. The van der Waals surface area contributed by atoms with E-state index in [4.69, 9.17) is 18.9 Å². The molecule has 7 nitrogen and oxygen atoms in total. The van der Waals surface area contributed by atoms with E-state index in [9.17, 15) is 4.79 Å². The van der Waals surface area contributed by atoms with Gasteiger partial charge in [0.15, 0.2) is 11.5 Å². The summed E-state index contributed by atoms with van der Waals surface area (Å²) in [5.74, 6) is 2.51. The number of rotatable bonds is 11. The summed E-state index contributed by atoms with van der Waals surface area (Å²) in [5, 5.41) is 2.92. The molecule has 0 atom stereocenters. The first-order chi connectivity index (χ1) is 14.0. The third kappa shape index (κ3) is 6.57. The van der Waals surface area contributed by atoms with Crippen molar-refractivity contribution < 1.29 is 23.7 Å². The maximum absolute atomic E-state index is 12.6. The lowest BCUT2D eigenvalue weighted by molar-refractivity contribution is -0.117. The Morgan fingerprint density at radius 3 is 2.28 bits per heavy atom. The van der Waals surface area contributed by atoms with Crippen LogP contribution in [0.2, 0.25) is 0 Å². The van der Waals surface area contributed by atoms with Crippen LogP contribution in [0.15, 0.2) is 36.4 Å².